The Kier molecular flexibility index (Phi) is 6.28. The minimum absolute atomic E-state index is 0.00200. The molecule has 0 saturated carbocycles. The summed E-state index contributed by atoms with van der Waals surface area (Å²) in [6.07, 6.45) is 0.932. The second-order valence-electron chi connectivity index (χ2n) is 8.34. The maximum atomic E-state index is 13.1. The monoisotopic (exact) mass is 423 g/mol. The van der Waals surface area contributed by atoms with E-state index in [0.29, 0.717) is 19.4 Å². The van der Waals surface area contributed by atoms with Gasteiger partial charge in [0.05, 0.1) is 12.2 Å². The third-order valence-electron chi connectivity index (χ3n) is 6.24. The maximum absolute atomic E-state index is 13.1. The SMILES string of the molecule is CCCN(C(=O)OCC1c2ccccc2-c2ccccc21)C(C(=O)O)C1CCC(C)O1. The van der Waals surface area contributed by atoms with Crippen LogP contribution in [0, 0.1) is 0 Å². The van der Waals surface area contributed by atoms with Gasteiger partial charge in [-0.05, 0) is 48.4 Å². The fraction of sp³-hybridized carbons (Fsp3) is 0.440. The molecule has 2 aromatic carbocycles. The summed E-state index contributed by atoms with van der Waals surface area (Å²) < 4.78 is 11.5. The second kappa shape index (κ2) is 9.10. The average Bonchev–Trinajstić information content (AvgIpc) is 3.33. The normalized spacial score (nSPS) is 20.7. The zero-order valence-electron chi connectivity index (χ0n) is 18.0. The van der Waals surface area contributed by atoms with Crippen LogP contribution in [0.1, 0.15) is 50.2 Å². The summed E-state index contributed by atoms with van der Waals surface area (Å²) in [5.41, 5.74) is 4.56. The van der Waals surface area contributed by atoms with Crippen molar-refractivity contribution < 1.29 is 24.2 Å². The van der Waals surface area contributed by atoms with Gasteiger partial charge in [-0.1, -0.05) is 55.5 Å². The molecule has 1 N–H and O–H groups in total. The number of carbonyl (C=O) groups is 2. The Bertz CT molecular complexity index is 913. The van der Waals surface area contributed by atoms with Crippen LogP contribution in [0.2, 0.25) is 0 Å². The summed E-state index contributed by atoms with van der Waals surface area (Å²) in [4.78, 5) is 26.5. The van der Waals surface area contributed by atoms with Gasteiger partial charge in [0.25, 0.3) is 0 Å². The van der Waals surface area contributed by atoms with Gasteiger partial charge in [0.2, 0.25) is 0 Å². The maximum Gasteiger partial charge on any atom is 0.410 e. The quantitative estimate of drug-likeness (QED) is 0.700. The van der Waals surface area contributed by atoms with Gasteiger partial charge >= 0.3 is 12.1 Å². The van der Waals surface area contributed by atoms with Crippen molar-refractivity contribution in [2.75, 3.05) is 13.2 Å². The van der Waals surface area contributed by atoms with Crippen molar-refractivity contribution in [1.82, 2.24) is 4.90 Å². The van der Waals surface area contributed by atoms with E-state index in [0.717, 1.165) is 28.7 Å². The topological polar surface area (TPSA) is 76.1 Å². The zero-order chi connectivity index (χ0) is 22.0. The van der Waals surface area contributed by atoms with Crippen LogP contribution in [0.15, 0.2) is 48.5 Å². The minimum Gasteiger partial charge on any atom is -0.480 e. The van der Waals surface area contributed by atoms with Gasteiger partial charge in [0.1, 0.15) is 6.61 Å². The minimum atomic E-state index is -1.05. The Morgan fingerprint density at radius 1 is 1.10 bits per heavy atom. The Labute approximate surface area is 182 Å². The molecule has 0 bridgehead atoms. The number of carbonyl (C=O) groups excluding carboxylic acids is 1. The van der Waals surface area contributed by atoms with Gasteiger partial charge in [-0.3, -0.25) is 4.90 Å². The fourth-order valence-corrected chi connectivity index (χ4v) is 4.82. The number of benzene rings is 2. The van der Waals surface area contributed by atoms with Crippen LogP contribution in [0.4, 0.5) is 4.79 Å². The summed E-state index contributed by atoms with van der Waals surface area (Å²) in [5, 5.41) is 9.88. The Morgan fingerprint density at radius 3 is 2.23 bits per heavy atom. The number of hydrogen-bond acceptors (Lipinski definition) is 4. The van der Waals surface area contributed by atoms with Crippen molar-refractivity contribution in [3.8, 4) is 11.1 Å². The van der Waals surface area contributed by atoms with Gasteiger partial charge < -0.3 is 14.6 Å². The predicted molar refractivity (Wildman–Crippen MR) is 117 cm³/mol. The zero-order valence-corrected chi connectivity index (χ0v) is 18.0. The van der Waals surface area contributed by atoms with Crippen molar-refractivity contribution in [2.24, 2.45) is 0 Å². The Balaban J connectivity index is 1.53. The number of aliphatic carboxylic acids is 1. The summed E-state index contributed by atoms with van der Waals surface area (Å²) in [7, 11) is 0. The first-order valence-electron chi connectivity index (χ1n) is 11.0. The molecular formula is C25H29NO5. The largest absolute Gasteiger partial charge is 0.480 e. The lowest BCUT2D eigenvalue weighted by Crippen LogP contribution is -2.52. The highest BCUT2D eigenvalue weighted by molar-refractivity contribution is 5.81. The van der Waals surface area contributed by atoms with Crippen molar-refractivity contribution in [3.05, 3.63) is 59.7 Å². The lowest BCUT2D eigenvalue weighted by atomic mass is 9.98. The molecule has 2 aromatic rings. The predicted octanol–water partition coefficient (Wildman–Crippen LogP) is 4.67. The number of hydrogen-bond donors (Lipinski definition) is 1. The van der Waals surface area contributed by atoms with Crippen molar-refractivity contribution in [1.29, 1.82) is 0 Å². The van der Waals surface area contributed by atoms with Crippen LogP contribution in [0.25, 0.3) is 11.1 Å². The molecule has 1 heterocycles. The number of amides is 1. The van der Waals surface area contributed by atoms with Gasteiger partial charge in [-0.2, -0.15) is 0 Å². The van der Waals surface area contributed by atoms with Gasteiger partial charge in [-0.15, -0.1) is 0 Å². The van der Waals surface area contributed by atoms with Gasteiger partial charge in [-0.25, -0.2) is 9.59 Å². The number of ether oxygens (including phenoxy) is 2. The molecule has 164 valence electrons. The molecule has 1 saturated heterocycles. The Morgan fingerprint density at radius 2 is 1.71 bits per heavy atom. The first kappa shape index (κ1) is 21.4. The molecule has 0 spiro atoms. The number of nitrogens with zero attached hydrogens (tertiary/aromatic N) is 1. The molecule has 1 fully saturated rings. The van der Waals surface area contributed by atoms with Crippen LogP contribution < -0.4 is 0 Å². The van der Waals surface area contributed by atoms with E-state index in [1.807, 2.05) is 38.1 Å². The van der Waals surface area contributed by atoms with E-state index < -0.39 is 24.2 Å². The van der Waals surface area contributed by atoms with E-state index in [1.54, 1.807) is 0 Å². The summed E-state index contributed by atoms with van der Waals surface area (Å²) in [6.45, 7) is 4.32. The van der Waals surface area contributed by atoms with Gasteiger partial charge in [0, 0.05) is 12.5 Å². The number of carboxylic acids is 1. The number of fused-ring (bicyclic) bond motifs is 3. The molecule has 2 aliphatic rings. The van der Waals surface area contributed by atoms with Crippen LogP contribution in [-0.2, 0) is 14.3 Å². The van der Waals surface area contributed by atoms with Crippen LogP contribution in [-0.4, -0.2) is 53.5 Å². The van der Waals surface area contributed by atoms with E-state index in [2.05, 4.69) is 24.3 Å². The van der Waals surface area contributed by atoms with Crippen LogP contribution >= 0.6 is 0 Å². The molecule has 1 aliphatic carbocycles. The highest BCUT2D eigenvalue weighted by Crippen LogP contribution is 2.44. The van der Waals surface area contributed by atoms with E-state index in [1.165, 1.54) is 4.90 Å². The molecule has 3 atom stereocenters. The molecule has 31 heavy (non-hydrogen) atoms. The summed E-state index contributed by atoms with van der Waals surface area (Å²) in [5.74, 6) is -1.12. The Hall–Kier alpha value is -2.86. The smallest absolute Gasteiger partial charge is 0.410 e. The highest BCUT2D eigenvalue weighted by Gasteiger charge is 2.41. The molecule has 1 aliphatic heterocycles. The van der Waals surface area contributed by atoms with E-state index in [-0.39, 0.29) is 18.6 Å². The molecule has 3 unspecified atom stereocenters. The van der Waals surface area contributed by atoms with Crippen molar-refractivity contribution in [2.45, 2.75) is 57.3 Å². The van der Waals surface area contributed by atoms with Crippen molar-refractivity contribution >= 4 is 12.1 Å². The third-order valence-corrected chi connectivity index (χ3v) is 6.24. The number of carboxylic acid groups (broad SMARTS) is 1. The van der Waals surface area contributed by atoms with Crippen molar-refractivity contribution in [3.63, 3.8) is 0 Å². The highest BCUT2D eigenvalue weighted by atomic mass is 16.6. The first-order chi connectivity index (χ1) is 15.0. The van der Waals surface area contributed by atoms with E-state index in [4.69, 9.17) is 9.47 Å². The standard InChI is InChI=1S/C25H29NO5/c1-3-14-26(23(24(27)28)22-13-12-16(2)31-22)25(29)30-15-21-19-10-6-4-8-17(19)18-9-5-7-11-20(18)21/h4-11,16,21-23H,3,12-15H2,1-2H3,(H,27,28). The second-order valence-corrected chi connectivity index (χ2v) is 8.34. The molecule has 0 radical (unpaired) electrons. The fourth-order valence-electron chi connectivity index (χ4n) is 4.82. The van der Waals surface area contributed by atoms with E-state index in [9.17, 15) is 14.7 Å². The van der Waals surface area contributed by atoms with Crippen LogP contribution in [0.5, 0.6) is 0 Å². The number of rotatable bonds is 7. The first-order valence-corrected chi connectivity index (χ1v) is 11.0. The average molecular weight is 424 g/mol. The lowest BCUT2D eigenvalue weighted by molar-refractivity contribution is -0.148. The van der Waals surface area contributed by atoms with Crippen LogP contribution in [0.3, 0.4) is 0 Å². The van der Waals surface area contributed by atoms with E-state index >= 15 is 0 Å². The summed E-state index contributed by atoms with van der Waals surface area (Å²) >= 11 is 0. The molecule has 6 nitrogen and oxygen atoms in total. The lowest BCUT2D eigenvalue weighted by Gasteiger charge is -2.32. The molecular weight excluding hydrogens is 394 g/mol. The van der Waals surface area contributed by atoms with Gasteiger partial charge in [0.15, 0.2) is 6.04 Å². The molecule has 0 aromatic heterocycles. The molecule has 6 heteroatoms. The molecule has 1 amide bonds. The third kappa shape index (κ3) is 4.17. The molecule has 4 rings (SSSR count). The summed E-state index contributed by atoms with van der Waals surface area (Å²) in [6, 6.07) is 15.2.